The van der Waals surface area contributed by atoms with Gasteiger partial charge in [-0.2, -0.15) is 0 Å². The number of aryl methyl sites for hydroxylation is 1. The highest BCUT2D eigenvalue weighted by molar-refractivity contribution is 5.97. The Bertz CT molecular complexity index is 576. The molecule has 2 aromatic rings. The Balaban J connectivity index is 2.01. The first-order valence-corrected chi connectivity index (χ1v) is 6.06. The first-order chi connectivity index (χ1) is 9.19. The highest BCUT2D eigenvalue weighted by Gasteiger charge is 2.07. The van der Waals surface area contributed by atoms with Crippen molar-refractivity contribution in [2.24, 2.45) is 0 Å². The van der Waals surface area contributed by atoms with Crippen molar-refractivity contribution in [1.82, 2.24) is 0 Å². The molecule has 0 bridgehead atoms. The quantitative estimate of drug-likeness (QED) is 0.770. The Morgan fingerprint density at radius 2 is 1.79 bits per heavy atom. The van der Waals surface area contributed by atoms with Crippen molar-refractivity contribution in [3.8, 4) is 11.5 Å². The van der Waals surface area contributed by atoms with Gasteiger partial charge in [0.15, 0.2) is 12.4 Å². The molecule has 0 amide bonds. The van der Waals surface area contributed by atoms with Crippen molar-refractivity contribution < 1.29 is 14.3 Å². The predicted octanol–water partition coefficient (Wildman–Crippen LogP) is 3.27. The number of rotatable bonds is 5. The molecule has 3 nitrogen and oxygen atoms in total. The SMILES string of the molecule is COc1cccc(C(=O)COc2cccc(C)c2)c1. The third kappa shape index (κ3) is 3.58. The minimum absolute atomic E-state index is 0.0244. The second kappa shape index (κ2) is 6.05. The van der Waals surface area contributed by atoms with E-state index in [0.29, 0.717) is 17.1 Å². The number of methoxy groups -OCH3 is 1. The molecule has 3 heteroatoms. The second-order valence-electron chi connectivity index (χ2n) is 4.26. The van der Waals surface area contributed by atoms with Crippen LogP contribution < -0.4 is 9.47 Å². The van der Waals surface area contributed by atoms with Crippen LogP contribution in [-0.2, 0) is 0 Å². The lowest BCUT2D eigenvalue weighted by Crippen LogP contribution is -2.11. The van der Waals surface area contributed by atoms with E-state index >= 15 is 0 Å². The number of ketones is 1. The van der Waals surface area contributed by atoms with Gasteiger partial charge in [-0.25, -0.2) is 0 Å². The smallest absolute Gasteiger partial charge is 0.200 e. The summed E-state index contributed by atoms with van der Waals surface area (Å²) in [7, 11) is 1.58. The second-order valence-corrected chi connectivity index (χ2v) is 4.26. The lowest BCUT2D eigenvalue weighted by molar-refractivity contribution is 0.0921. The number of carbonyl (C=O) groups is 1. The van der Waals surface area contributed by atoms with E-state index in [0.717, 1.165) is 5.56 Å². The molecular weight excluding hydrogens is 240 g/mol. The van der Waals surface area contributed by atoms with Crippen molar-refractivity contribution in [2.45, 2.75) is 6.92 Å². The Labute approximate surface area is 112 Å². The molecule has 0 aliphatic heterocycles. The molecule has 98 valence electrons. The van der Waals surface area contributed by atoms with E-state index in [2.05, 4.69) is 0 Å². The molecule has 0 N–H and O–H groups in total. The maximum atomic E-state index is 12.0. The standard InChI is InChI=1S/C16H16O3/c1-12-5-3-8-15(9-12)19-11-16(17)13-6-4-7-14(10-13)18-2/h3-10H,11H2,1-2H3. The molecule has 0 aliphatic rings. The third-order valence-corrected chi connectivity index (χ3v) is 2.75. The highest BCUT2D eigenvalue weighted by atomic mass is 16.5. The van der Waals surface area contributed by atoms with Gasteiger partial charge in [-0.3, -0.25) is 4.79 Å². The normalized spacial score (nSPS) is 10.0. The minimum Gasteiger partial charge on any atom is -0.497 e. The topological polar surface area (TPSA) is 35.5 Å². The number of Topliss-reactive ketones (excluding diaryl/α,β-unsaturated/α-hetero) is 1. The zero-order valence-electron chi connectivity index (χ0n) is 11.1. The summed E-state index contributed by atoms with van der Waals surface area (Å²) in [5, 5.41) is 0. The van der Waals surface area contributed by atoms with Gasteiger partial charge in [0.05, 0.1) is 7.11 Å². The average Bonchev–Trinajstić information content (AvgIpc) is 2.45. The number of ether oxygens (including phenoxy) is 2. The van der Waals surface area contributed by atoms with Gasteiger partial charge in [0.1, 0.15) is 11.5 Å². The lowest BCUT2D eigenvalue weighted by atomic mass is 10.1. The van der Waals surface area contributed by atoms with E-state index in [-0.39, 0.29) is 12.4 Å². The summed E-state index contributed by atoms with van der Waals surface area (Å²) in [5.74, 6) is 1.30. The molecule has 0 fully saturated rings. The van der Waals surface area contributed by atoms with E-state index in [9.17, 15) is 4.79 Å². The van der Waals surface area contributed by atoms with Crippen LogP contribution in [0.15, 0.2) is 48.5 Å². The van der Waals surface area contributed by atoms with E-state index in [1.165, 1.54) is 0 Å². The van der Waals surface area contributed by atoms with Crippen LogP contribution in [-0.4, -0.2) is 19.5 Å². The van der Waals surface area contributed by atoms with E-state index in [4.69, 9.17) is 9.47 Å². The van der Waals surface area contributed by atoms with Gasteiger partial charge in [-0.05, 0) is 36.8 Å². The zero-order valence-corrected chi connectivity index (χ0v) is 11.1. The molecule has 0 saturated carbocycles. The molecule has 0 spiro atoms. The van der Waals surface area contributed by atoms with Crippen molar-refractivity contribution in [3.63, 3.8) is 0 Å². The van der Waals surface area contributed by atoms with Crippen LogP contribution >= 0.6 is 0 Å². The molecule has 19 heavy (non-hydrogen) atoms. The molecule has 0 aromatic heterocycles. The Kier molecular flexibility index (Phi) is 4.18. The van der Waals surface area contributed by atoms with Gasteiger partial charge < -0.3 is 9.47 Å². The molecule has 0 aliphatic carbocycles. The highest BCUT2D eigenvalue weighted by Crippen LogP contribution is 2.15. The summed E-state index contributed by atoms with van der Waals surface area (Å²) in [6.45, 7) is 2.01. The summed E-state index contributed by atoms with van der Waals surface area (Å²) in [6, 6.07) is 14.7. The summed E-state index contributed by atoms with van der Waals surface area (Å²) < 4.78 is 10.6. The molecule has 0 atom stereocenters. The average molecular weight is 256 g/mol. The number of benzene rings is 2. The number of hydrogen-bond donors (Lipinski definition) is 0. The van der Waals surface area contributed by atoms with Gasteiger partial charge in [0.25, 0.3) is 0 Å². The lowest BCUT2D eigenvalue weighted by Gasteiger charge is -2.07. The van der Waals surface area contributed by atoms with Gasteiger partial charge in [-0.1, -0.05) is 24.3 Å². The van der Waals surface area contributed by atoms with Crippen molar-refractivity contribution in [1.29, 1.82) is 0 Å². The van der Waals surface area contributed by atoms with Gasteiger partial charge in [0, 0.05) is 5.56 Å². The fraction of sp³-hybridized carbons (Fsp3) is 0.188. The first kappa shape index (κ1) is 13.1. The molecule has 2 aromatic carbocycles. The Morgan fingerprint density at radius 1 is 1.05 bits per heavy atom. The van der Waals surface area contributed by atoms with Crippen LogP contribution in [0.1, 0.15) is 15.9 Å². The largest absolute Gasteiger partial charge is 0.497 e. The predicted molar refractivity (Wildman–Crippen MR) is 74.0 cm³/mol. The van der Waals surface area contributed by atoms with E-state index in [1.54, 1.807) is 31.4 Å². The summed E-state index contributed by atoms with van der Waals surface area (Å²) in [6.07, 6.45) is 0. The van der Waals surface area contributed by atoms with Crippen LogP contribution in [0.4, 0.5) is 0 Å². The maximum Gasteiger partial charge on any atom is 0.200 e. The fourth-order valence-corrected chi connectivity index (χ4v) is 1.73. The van der Waals surface area contributed by atoms with Gasteiger partial charge >= 0.3 is 0 Å². The Morgan fingerprint density at radius 3 is 2.53 bits per heavy atom. The molecule has 0 unspecified atom stereocenters. The van der Waals surface area contributed by atoms with Gasteiger partial charge in [-0.15, -0.1) is 0 Å². The van der Waals surface area contributed by atoms with Crippen LogP contribution in [0.3, 0.4) is 0 Å². The zero-order chi connectivity index (χ0) is 13.7. The molecule has 0 heterocycles. The fourth-order valence-electron chi connectivity index (χ4n) is 1.73. The summed E-state index contributed by atoms with van der Waals surface area (Å²) in [4.78, 5) is 12.0. The van der Waals surface area contributed by atoms with E-state index in [1.807, 2.05) is 31.2 Å². The number of hydrogen-bond acceptors (Lipinski definition) is 3. The van der Waals surface area contributed by atoms with Crippen LogP contribution in [0.25, 0.3) is 0 Å². The van der Waals surface area contributed by atoms with Crippen molar-refractivity contribution >= 4 is 5.78 Å². The van der Waals surface area contributed by atoms with Crippen molar-refractivity contribution in [2.75, 3.05) is 13.7 Å². The van der Waals surface area contributed by atoms with Crippen LogP contribution in [0.5, 0.6) is 11.5 Å². The van der Waals surface area contributed by atoms with Gasteiger partial charge in [0.2, 0.25) is 0 Å². The number of carbonyl (C=O) groups excluding carboxylic acids is 1. The monoisotopic (exact) mass is 256 g/mol. The summed E-state index contributed by atoms with van der Waals surface area (Å²) in [5.41, 5.74) is 1.69. The van der Waals surface area contributed by atoms with Crippen molar-refractivity contribution in [3.05, 3.63) is 59.7 Å². The maximum absolute atomic E-state index is 12.0. The molecular formula is C16H16O3. The molecule has 2 rings (SSSR count). The van der Waals surface area contributed by atoms with Crippen LogP contribution in [0.2, 0.25) is 0 Å². The molecule has 0 radical (unpaired) electrons. The minimum atomic E-state index is -0.0691. The Hall–Kier alpha value is -2.29. The summed E-state index contributed by atoms with van der Waals surface area (Å²) >= 11 is 0. The third-order valence-electron chi connectivity index (χ3n) is 2.75. The van der Waals surface area contributed by atoms with E-state index < -0.39 is 0 Å². The first-order valence-electron chi connectivity index (χ1n) is 6.06. The molecule has 0 saturated heterocycles. The van der Waals surface area contributed by atoms with Crippen LogP contribution in [0, 0.1) is 6.92 Å².